The van der Waals surface area contributed by atoms with Gasteiger partial charge in [-0.2, -0.15) is 0 Å². The largest absolute Gasteiger partial charge is 0.473 e. The number of rotatable bonds is 1. The van der Waals surface area contributed by atoms with Crippen LogP contribution >= 0.6 is 10.9 Å². The number of hydrogen-bond acceptors (Lipinski definition) is 1. The second-order valence-corrected chi connectivity index (χ2v) is 4.75. The number of carboxylic acid groups (broad SMARTS) is 1. The summed E-state index contributed by atoms with van der Waals surface area (Å²) in [5, 5.41) is 9.84. The molecule has 3 heteroatoms. The summed E-state index contributed by atoms with van der Waals surface area (Å²) < 4.78 is 0. The van der Waals surface area contributed by atoms with Crippen molar-refractivity contribution in [3.8, 4) is 0 Å². The summed E-state index contributed by atoms with van der Waals surface area (Å²) in [4.78, 5) is 11.8. The van der Waals surface area contributed by atoms with Crippen molar-refractivity contribution >= 4 is 16.2 Å². The van der Waals surface area contributed by atoms with Crippen LogP contribution in [0.3, 0.4) is 0 Å². The third-order valence-electron chi connectivity index (χ3n) is 2.21. The third kappa shape index (κ3) is 1.44. The molecule has 0 bridgehead atoms. The molecule has 0 atom stereocenters. The Labute approximate surface area is 85.6 Å². The van der Waals surface area contributed by atoms with Gasteiger partial charge in [-0.25, -0.2) is 4.79 Å². The average Bonchev–Trinajstić information content (AvgIpc) is 2.59. The Morgan fingerprint density at radius 3 is 3.00 bits per heavy atom. The highest BCUT2D eigenvalue weighted by Gasteiger charge is 2.22. The summed E-state index contributed by atoms with van der Waals surface area (Å²) in [6.45, 7) is 2.06. The Bertz CT molecular complexity index is 410. The van der Waals surface area contributed by atoms with Gasteiger partial charge in [-0.1, -0.05) is 19.1 Å². The number of carbonyl (C=O) groups is 1. The van der Waals surface area contributed by atoms with Crippen LogP contribution in [-0.4, -0.2) is 10.4 Å². The zero-order valence-corrected chi connectivity index (χ0v) is 8.60. The summed E-state index contributed by atoms with van der Waals surface area (Å²) >= 11 is 0. The molecule has 0 aliphatic carbocycles. The van der Waals surface area contributed by atoms with Gasteiger partial charge in [0.05, 0.1) is 0 Å². The molecular weight excluding hydrogens is 196 g/mol. The molecule has 0 spiro atoms. The van der Waals surface area contributed by atoms with Gasteiger partial charge in [-0.05, 0) is 46.0 Å². The van der Waals surface area contributed by atoms with E-state index in [1.807, 2.05) is 18.2 Å². The minimum atomic E-state index is -0.785. The standard InChI is InChI=1S/C11H10O2S/c1-2-8-3-4-9-5-6-14(11(12)13)10(9)7-8/h3-4,6-7H,2H2,1H3,(H,12,13). The van der Waals surface area contributed by atoms with Crippen molar-refractivity contribution in [1.29, 1.82) is 0 Å². The van der Waals surface area contributed by atoms with E-state index in [9.17, 15) is 4.79 Å². The van der Waals surface area contributed by atoms with Crippen LogP contribution in [-0.2, 0) is 6.42 Å². The lowest BCUT2D eigenvalue weighted by Crippen LogP contribution is -1.92. The highest BCUT2D eigenvalue weighted by molar-refractivity contribution is 8.31. The highest BCUT2D eigenvalue weighted by atomic mass is 32.2. The number of benzene rings is 1. The molecule has 0 saturated carbocycles. The van der Waals surface area contributed by atoms with Gasteiger partial charge < -0.3 is 5.11 Å². The molecule has 0 saturated heterocycles. The Hall–Kier alpha value is -1.22. The monoisotopic (exact) mass is 206 g/mol. The fourth-order valence-corrected chi connectivity index (χ4v) is 2.72. The van der Waals surface area contributed by atoms with Gasteiger partial charge in [0.15, 0.2) is 0 Å². The molecule has 0 unspecified atom stereocenters. The van der Waals surface area contributed by atoms with Crippen LogP contribution in [0.15, 0.2) is 28.5 Å². The smallest absolute Gasteiger partial charge is 0.363 e. The molecule has 1 aliphatic rings. The first kappa shape index (κ1) is 9.34. The zero-order chi connectivity index (χ0) is 10.1. The maximum Gasteiger partial charge on any atom is 0.363 e. The van der Waals surface area contributed by atoms with Gasteiger partial charge in [0.25, 0.3) is 0 Å². The SMILES string of the molecule is CCc1ccc2c(c1)[S](C(=O)O)C=[C]2. The van der Waals surface area contributed by atoms with E-state index in [1.165, 1.54) is 5.56 Å². The molecule has 0 aromatic heterocycles. The normalized spacial score (nSPS) is 14.4. The second kappa shape index (κ2) is 3.50. The van der Waals surface area contributed by atoms with Crippen molar-refractivity contribution in [2.24, 2.45) is 0 Å². The molecule has 2 nitrogen and oxygen atoms in total. The Morgan fingerprint density at radius 1 is 1.57 bits per heavy atom. The quantitative estimate of drug-likeness (QED) is 0.765. The lowest BCUT2D eigenvalue weighted by Gasteiger charge is -2.08. The Balaban J connectivity index is 2.46. The van der Waals surface area contributed by atoms with E-state index in [2.05, 4.69) is 13.0 Å². The molecule has 0 fully saturated rings. The summed E-state index contributed by atoms with van der Waals surface area (Å²) in [5.41, 5.74) is 2.10. The molecular formula is C11H10O2S. The molecule has 1 aromatic carbocycles. The van der Waals surface area contributed by atoms with Gasteiger partial charge in [-0.3, -0.25) is 0 Å². The zero-order valence-electron chi connectivity index (χ0n) is 7.78. The van der Waals surface area contributed by atoms with Gasteiger partial charge in [0.1, 0.15) is 0 Å². The predicted molar refractivity (Wildman–Crippen MR) is 56.6 cm³/mol. The first-order valence-corrected chi connectivity index (χ1v) is 5.70. The molecule has 2 rings (SSSR count). The second-order valence-electron chi connectivity index (χ2n) is 3.05. The predicted octanol–water partition coefficient (Wildman–Crippen LogP) is 3.23. The van der Waals surface area contributed by atoms with Gasteiger partial charge in [0.2, 0.25) is 0 Å². The molecule has 72 valence electrons. The van der Waals surface area contributed by atoms with Crippen molar-refractivity contribution < 1.29 is 9.90 Å². The fraction of sp³-hybridized carbons (Fsp3) is 0.182. The number of fused-ring (bicyclic) bond motifs is 1. The lowest BCUT2D eigenvalue weighted by atomic mass is 10.1. The van der Waals surface area contributed by atoms with Crippen molar-refractivity contribution in [1.82, 2.24) is 0 Å². The van der Waals surface area contributed by atoms with E-state index >= 15 is 0 Å². The average molecular weight is 206 g/mol. The van der Waals surface area contributed by atoms with Crippen LogP contribution in [0.1, 0.15) is 18.1 Å². The maximum absolute atomic E-state index is 10.9. The molecule has 0 amide bonds. The van der Waals surface area contributed by atoms with Crippen molar-refractivity contribution in [2.45, 2.75) is 18.2 Å². The van der Waals surface area contributed by atoms with Crippen molar-refractivity contribution in [3.63, 3.8) is 0 Å². The third-order valence-corrected chi connectivity index (χ3v) is 3.75. The Kier molecular flexibility index (Phi) is 2.33. The van der Waals surface area contributed by atoms with Crippen LogP contribution in [0.2, 0.25) is 0 Å². The summed E-state index contributed by atoms with van der Waals surface area (Å²) in [7, 11) is -0.785. The van der Waals surface area contributed by atoms with E-state index < -0.39 is 16.2 Å². The highest BCUT2D eigenvalue weighted by Crippen LogP contribution is 2.45. The van der Waals surface area contributed by atoms with Gasteiger partial charge >= 0.3 is 5.30 Å². The number of aryl methyl sites for hydroxylation is 1. The van der Waals surface area contributed by atoms with Crippen LogP contribution in [0.25, 0.3) is 0 Å². The van der Waals surface area contributed by atoms with Crippen molar-refractivity contribution in [2.75, 3.05) is 0 Å². The summed E-state index contributed by atoms with van der Waals surface area (Å²) in [6.07, 6.45) is 3.92. The first-order chi connectivity index (χ1) is 6.72. The first-order valence-electron chi connectivity index (χ1n) is 4.41. The van der Waals surface area contributed by atoms with Crippen LogP contribution in [0, 0.1) is 6.08 Å². The van der Waals surface area contributed by atoms with Crippen LogP contribution in [0.4, 0.5) is 4.79 Å². The summed E-state index contributed by atoms with van der Waals surface area (Å²) in [5.74, 6) is 0. The van der Waals surface area contributed by atoms with Gasteiger partial charge in [-0.15, -0.1) is 0 Å². The topological polar surface area (TPSA) is 37.3 Å². The van der Waals surface area contributed by atoms with Crippen LogP contribution in [0.5, 0.6) is 0 Å². The Morgan fingerprint density at radius 2 is 2.36 bits per heavy atom. The van der Waals surface area contributed by atoms with Gasteiger partial charge in [0, 0.05) is 4.90 Å². The maximum atomic E-state index is 10.9. The van der Waals surface area contributed by atoms with Crippen molar-refractivity contribution in [3.05, 3.63) is 40.8 Å². The molecule has 1 heterocycles. The van der Waals surface area contributed by atoms with E-state index in [0.29, 0.717) is 0 Å². The van der Waals surface area contributed by atoms with E-state index in [1.54, 1.807) is 5.41 Å². The molecule has 2 radical (unpaired) electrons. The fourth-order valence-electron chi connectivity index (χ4n) is 1.42. The molecule has 1 N–H and O–H groups in total. The molecule has 1 aliphatic heterocycles. The lowest BCUT2D eigenvalue weighted by molar-refractivity contribution is 0.222. The molecule has 14 heavy (non-hydrogen) atoms. The van der Waals surface area contributed by atoms with E-state index in [4.69, 9.17) is 5.11 Å². The molecule has 1 aromatic rings. The van der Waals surface area contributed by atoms with E-state index in [-0.39, 0.29) is 0 Å². The minimum Gasteiger partial charge on any atom is -0.473 e. The van der Waals surface area contributed by atoms with Crippen LogP contribution < -0.4 is 0 Å². The summed E-state index contributed by atoms with van der Waals surface area (Å²) in [6, 6.07) is 5.94. The van der Waals surface area contributed by atoms with E-state index in [0.717, 1.165) is 16.9 Å². The minimum absolute atomic E-state index is 0.774. The number of hydrogen-bond donors (Lipinski definition) is 1.